The Morgan fingerprint density at radius 3 is 2.70 bits per heavy atom. The standard InChI is InChI=1S/C8H12O2/c1-4-6-7(5-2)8(9)10-3/h1,7H,5-6H2,2-3H3/t7-/m1/s1. The van der Waals surface area contributed by atoms with E-state index >= 15 is 0 Å². The van der Waals surface area contributed by atoms with E-state index < -0.39 is 0 Å². The van der Waals surface area contributed by atoms with Gasteiger partial charge < -0.3 is 4.74 Å². The van der Waals surface area contributed by atoms with Gasteiger partial charge in [0.2, 0.25) is 0 Å². The van der Waals surface area contributed by atoms with Gasteiger partial charge in [0.1, 0.15) is 0 Å². The summed E-state index contributed by atoms with van der Waals surface area (Å²) in [5.74, 6) is 2.11. The van der Waals surface area contributed by atoms with Crippen molar-refractivity contribution in [2.45, 2.75) is 19.8 Å². The van der Waals surface area contributed by atoms with Gasteiger partial charge >= 0.3 is 5.97 Å². The molecule has 2 heteroatoms. The van der Waals surface area contributed by atoms with Gasteiger partial charge in [-0.15, -0.1) is 12.3 Å². The van der Waals surface area contributed by atoms with Crippen LogP contribution in [-0.2, 0) is 9.53 Å². The largest absolute Gasteiger partial charge is 0.469 e. The molecule has 0 aliphatic rings. The second-order valence-electron chi connectivity index (χ2n) is 2.04. The topological polar surface area (TPSA) is 26.3 Å². The molecule has 0 unspecified atom stereocenters. The third kappa shape index (κ3) is 2.54. The van der Waals surface area contributed by atoms with Crippen LogP contribution < -0.4 is 0 Å². The Kier molecular flexibility index (Phi) is 4.39. The Morgan fingerprint density at radius 2 is 2.40 bits per heavy atom. The van der Waals surface area contributed by atoms with Crippen molar-refractivity contribution in [1.82, 2.24) is 0 Å². The molecule has 0 aromatic rings. The number of carbonyl (C=O) groups excluding carboxylic acids is 1. The minimum absolute atomic E-state index is 0.116. The predicted octanol–water partition coefficient (Wildman–Crippen LogP) is 1.21. The summed E-state index contributed by atoms with van der Waals surface area (Å²) in [6, 6.07) is 0. The summed E-state index contributed by atoms with van der Waals surface area (Å²) in [7, 11) is 1.38. The van der Waals surface area contributed by atoms with Crippen molar-refractivity contribution in [2.24, 2.45) is 5.92 Å². The Balaban J connectivity index is 3.83. The highest BCUT2D eigenvalue weighted by Gasteiger charge is 2.14. The molecule has 0 heterocycles. The van der Waals surface area contributed by atoms with Crippen LogP contribution in [0.3, 0.4) is 0 Å². The van der Waals surface area contributed by atoms with Gasteiger partial charge in [-0.3, -0.25) is 4.79 Å². The van der Waals surface area contributed by atoms with Gasteiger partial charge in [-0.1, -0.05) is 6.92 Å². The van der Waals surface area contributed by atoms with E-state index in [0.717, 1.165) is 6.42 Å². The average Bonchev–Trinajstić information content (AvgIpc) is 1.99. The highest BCUT2D eigenvalue weighted by atomic mass is 16.5. The van der Waals surface area contributed by atoms with Crippen molar-refractivity contribution in [3.63, 3.8) is 0 Å². The minimum atomic E-state index is -0.208. The van der Waals surface area contributed by atoms with E-state index in [-0.39, 0.29) is 11.9 Å². The number of hydrogen-bond acceptors (Lipinski definition) is 2. The molecule has 0 fully saturated rings. The van der Waals surface area contributed by atoms with Crippen molar-refractivity contribution in [3.05, 3.63) is 0 Å². The summed E-state index contributed by atoms with van der Waals surface area (Å²) in [4.78, 5) is 10.8. The summed E-state index contributed by atoms with van der Waals surface area (Å²) >= 11 is 0. The van der Waals surface area contributed by atoms with Crippen molar-refractivity contribution in [3.8, 4) is 12.3 Å². The van der Waals surface area contributed by atoms with Gasteiger partial charge in [-0.05, 0) is 6.42 Å². The van der Waals surface area contributed by atoms with Gasteiger partial charge in [0.05, 0.1) is 13.0 Å². The highest BCUT2D eigenvalue weighted by molar-refractivity contribution is 5.72. The number of terminal acetylenes is 1. The maximum atomic E-state index is 10.8. The lowest BCUT2D eigenvalue weighted by Crippen LogP contribution is -2.14. The molecule has 2 nitrogen and oxygen atoms in total. The lowest BCUT2D eigenvalue weighted by Gasteiger charge is -2.06. The number of rotatable bonds is 3. The first kappa shape index (κ1) is 9.03. The first-order chi connectivity index (χ1) is 4.76. The first-order valence-electron chi connectivity index (χ1n) is 3.27. The molecule has 0 spiro atoms. The van der Waals surface area contributed by atoms with Gasteiger partial charge in [-0.2, -0.15) is 0 Å². The maximum absolute atomic E-state index is 10.8. The molecule has 0 saturated carbocycles. The SMILES string of the molecule is C#CC[C@@H](CC)C(=O)OC. The van der Waals surface area contributed by atoms with Crippen LogP contribution in [0.2, 0.25) is 0 Å². The zero-order chi connectivity index (χ0) is 7.98. The van der Waals surface area contributed by atoms with E-state index in [1.54, 1.807) is 0 Å². The number of hydrogen-bond donors (Lipinski definition) is 0. The fourth-order valence-corrected chi connectivity index (χ4v) is 0.703. The molecule has 0 rings (SSSR count). The second kappa shape index (κ2) is 4.87. The molecular formula is C8H12O2. The van der Waals surface area contributed by atoms with Gasteiger partial charge in [0.15, 0.2) is 0 Å². The molecule has 0 aromatic heterocycles. The summed E-state index contributed by atoms with van der Waals surface area (Å²) in [6.07, 6.45) is 6.26. The van der Waals surface area contributed by atoms with Crippen LogP contribution in [0, 0.1) is 18.3 Å². The molecule has 0 saturated heterocycles. The average molecular weight is 140 g/mol. The van der Waals surface area contributed by atoms with E-state index in [4.69, 9.17) is 6.42 Å². The van der Waals surface area contributed by atoms with Crippen LogP contribution in [-0.4, -0.2) is 13.1 Å². The summed E-state index contributed by atoms with van der Waals surface area (Å²) < 4.78 is 4.52. The molecule has 0 N–H and O–H groups in total. The highest BCUT2D eigenvalue weighted by Crippen LogP contribution is 2.08. The number of ether oxygens (including phenoxy) is 1. The molecule has 1 atom stereocenters. The molecular weight excluding hydrogens is 128 g/mol. The Hall–Kier alpha value is -0.970. The van der Waals surface area contributed by atoms with E-state index in [1.165, 1.54) is 7.11 Å². The lowest BCUT2D eigenvalue weighted by molar-refractivity contribution is -0.145. The zero-order valence-corrected chi connectivity index (χ0v) is 6.39. The third-order valence-electron chi connectivity index (χ3n) is 1.39. The van der Waals surface area contributed by atoms with Crippen molar-refractivity contribution in [1.29, 1.82) is 0 Å². The van der Waals surface area contributed by atoms with Crippen molar-refractivity contribution >= 4 is 5.97 Å². The van der Waals surface area contributed by atoms with Crippen LogP contribution in [0.15, 0.2) is 0 Å². The Bertz CT molecular complexity index is 144. The van der Waals surface area contributed by atoms with E-state index in [2.05, 4.69) is 10.7 Å². The van der Waals surface area contributed by atoms with Crippen LogP contribution in [0.5, 0.6) is 0 Å². The second-order valence-corrected chi connectivity index (χ2v) is 2.04. The molecule has 0 aliphatic carbocycles. The van der Waals surface area contributed by atoms with Crippen LogP contribution in [0.25, 0.3) is 0 Å². The number of methoxy groups -OCH3 is 1. The van der Waals surface area contributed by atoms with Crippen LogP contribution in [0.4, 0.5) is 0 Å². The van der Waals surface area contributed by atoms with Gasteiger partial charge in [0, 0.05) is 6.42 Å². The van der Waals surface area contributed by atoms with E-state index in [1.807, 2.05) is 6.92 Å². The molecule has 0 radical (unpaired) electrons. The molecule has 56 valence electrons. The summed E-state index contributed by atoms with van der Waals surface area (Å²) in [5.41, 5.74) is 0. The Morgan fingerprint density at radius 1 is 1.80 bits per heavy atom. The lowest BCUT2D eigenvalue weighted by atomic mass is 10.0. The quantitative estimate of drug-likeness (QED) is 0.435. The number of carbonyl (C=O) groups is 1. The monoisotopic (exact) mass is 140 g/mol. The molecule has 0 amide bonds. The van der Waals surface area contributed by atoms with E-state index in [0.29, 0.717) is 6.42 Å². The fourth-order valence-electron chi connectivity index (χ4n) is 0.703. The third-order valence-corrected chi connectivity index (χ3v) is 1.39. The van der Waals surface area contributed by atoms with Crippen LogP contribution in [0.1, 0.15) is 19.8 Å². The van der Waals surface area contributed by atoms with E-state index in [9.17, 15) is 4.79 Å². The molecule has 10 heavy (non-hydrogen) atoms. The van der Waals surface area contributed by atoms with Gasteiger partial charge in [0.25, 0.3) is 0 Å². The smallest absolute Gasteiger partial charge is 0.309 e. The van der Waals surface area contributed by atoms with Gasteiger partial charge in [-0.25, -0.2) is 0 Å². The summed E-state index contributed by atoms with van der Waals surface area (Å²) in [6.45, 7) is 1.92. The van der Waals surface area contributed by atoms with Crippen molar-refractivity contribution < 1.29 is 9.53 Å². The zero-order valence-electron chi connectivity index (χ0n) is 6.39. The predicted molar refractivity (Wildman–Crippen MR) is 39.2 cm³/mol. The molecule has 0 aliphatic heterocycles. The molecule has 0 bridgehead atoms. The maximum Gasteiger partial charge on any atom is 0.309 e. The van der Waals surface area contributed by atoms with Crippen LogP contribution >= 0.6 is 0 Å². The molecule has 0 aromatic carbocycles. The fraction of sp³-hybridized carbons (Fsp3) is 0.625. The first-order valence-corrected chi connectivity index (χ1v) is 3.27. The number of esters is 1. The minimum Gasteiger partial charge on any atom is -0.469 e. The normalized spacial score (nSPS) is 11.7. The summed E-state index contributed by atoms with van der Waals surface area (Å²) in [5, 5.41) is 0. The van der Waals surface area contributed by atoms with Crippen molar-refractivity contribution in [2.75, 3.05) is 7.11 Å². The Labute approximate surface area is 61.6 Å².